The van der Waals surface area contributed by atoms with Gasteiger partial charge in [0.2, 0.25) is 0 Å². The standard InChI is InChI=1S/C15H20N2O2S2/c1-11-10-20-15(17-11)8-9-16-12(2)13-4-6-14(7-5-13)21(3,18)19/h4-7,10,12,16H,8-9H2,1-3H3. The zero-order valence-electron chi connectivity index (χ0n) is 12.5. The van der Waals surface area contributed by atoms with E-state index < -0.39 is 9.84 Å². The molecule has 0 amide bonds. The van der Waals surface area contributed by atoms with Gasteiger partial charge in [-0.05, 0) is 31.5 Å². The van der Waals surface area contributed by atoms with E-state index in [1.54, 1.807) is 23.5 Å². The minimum absolute atomic E-state index is 0.180. The second kappa shape index (κ2) is 6.68. The minimum Gasteiger partial charge on any atom is -0.310 e. The fourth-order valence-corrected chi connectivity index (χ4v) is 3.44. The number of hydrogen-bond donors (Lipinski definition) is 1. The Morgan fingerprint density at radius 1 is 1.29 bits per heavy atom. The maximum atomic E-state index is 11.4. The minimum atomic E-state index is -3.12. The molecule has 0 aliphatic heterocycles. The lowest BCUT2D eigenvalue weighted by Gasteiger charge is -2.14. The second-order valence-corrected chi connectivity index (χ2v) is 8.11. The number of benzene rings is 1. The molecule has 0 saturated heterocycles. The zero-order chi connectivity index (χ0) is 15.5. The number of rotatable bonds is 6. The number of aromatic nitrogens is 1. The van der Waals surface area contributed by atoms with Crippen LogP contribution in [0.3, 0.4) is 0 Å². The Balaban J connectivity index is 1.89. The summed E-state index contributed by atoms with van der Waals surface area (Å²) in [6.45, 7) is 4.92. The van der Waals surface area contributed by atoms with Crippen LogP contribution in [0.2, 0.25) is 0 Å². The van der Waals surface area contributed by atoms with E-state index in [-0.39, 0.29) is 6.04 Å². The van der Waals surface area contributed by atoms with Crippen LogP contribution in [0.5, 0.6) is 0 Å². The van der Waals surface area contributed by atoms with Crippen molar-refractivity contribution in [3.63, 3.8) is 0 Å². The smallest absolute Gasteiger partial charge is 0.175 e. The van der Waals surface area contributed by atoms with Crippen molar-refractivity contribution in [1.29, 1.82) is 0 Å². The quantitative estimate of drug-likeness (QED) is 0.887. The lowest BCUT2D eigenvalue weighted by Crippen LogP contribution is -2.21. The number of nitrogens with one attached hydrogen (secondary N) is 1. The summed E-state index contributed by atoms with van der Waals surface area (Å²) in [5.41, 5.74) is 2.15. The molecule has 6 heteroatoms. The molecule has 0 saturated carbocycles. The Labute approximate surface area is 130 Å². The SMILES string of the molecule is Cc1csc(CCNC(C)c2ccc(S(C)(=O)=O)cc2)n1. The van der Waals surface area contributed by atoms with E-state index in [0.717, 1.165) is 29.2 Å². The van der Waals surface area contributed by atoms with E-state index in [2.05, 4.69) is 22.6 Å². The van der Waals surface area contributed by atoms with Gasteiger partial charge in [-0.25, -0.2) is 13.4 Å². The highest BCUT2D eigenvalue weighted by atomic mass is 32.2. The summed E-state index contributed by atoms with van der Waals surface area (Å²) in [7, 11) is -3.12. The summed E-state index contributed by atoms with van der Waals surface area (Å²) in [6.07, 6.45) is 2.13. The molecule has 0 radical (unpaired) electrons. The van der Waals surface area contributed by atoms with Crippen LogP contribution in [0.25, 0.3) is 0 Å². The van der Waals surface area contributed by atoms with Gasteiger partial charge in [0.1, 0.15) is 0 Å². The van der Waals surface area contributed by atoms with Crippen LogP contribution < -0.4 is 5.32 Å². The lowest BCUT2D eigenvalue weighted by molar-refractivity contribution is 0.575. The molecule has 0 bridgehead atoms. The average Bonchev–Trinajstić information content (AvgIpc) is 2.83. The summed E-state index contributed by atoms with van der Waals surface area (Å²) in [6, 6.07) is 7.23. The van der Waals surface area contributed by atoms with E-state index in [4.69, 9.17) is 0 Å². The third kappa shape index (κ3) is 4.62. The third-order valence-corrected chi connectivity index (χ3v) is 5.42. The fraction of sp³-hybridized carbons (Fsp3) is 0.400. The Hall–Kier alpha value is -1.24. The molecule has 1 N–H and O–H groups in total. The molecule has 0 fully saturated rings. The van der Waals surface area contributed by atoms with Crippen LogP contribution >= 0.6 is 11.3 Å². The van der Waals surface area contributed by atoms with Crippen LogP contribution in [-0.2, 0) is 16.3 Å². The van der Waals surface area contributed by atoms with Gasteiger partial charge in [0.15, 0.2) is 9.84 Å². The third-order valence-electron chi connectivity index (χ3n) is 3.26. The number of hydrogen-bond acceptors (Lipinski definition) is 5. The molecule has 2 rings (SSSR count). The van der Waals surface area contributed by atoms with Gasteiger partial charge < -0.3 is 5.32 Å². The summed E-state index contributed by atoms with van der Waals surface area (Å²) < 4.78 is 22.8. The number of thiazole rings is 1. The van der Waals surface area contributed by atoms with Gasteiger partial charge >= 0.3 is 0 Å². The average molecular weight is 324 g/mol. The van der Waals surface area contributed by atoms with E-state index in [1.807, 2.05) is 19.1 Å². The Bertz CT molecular complexity index is 691. The van der Waals surface area contributed by atoms with Crippen LogP contribution in [0.4, 0.5) is 0 Å². The van der Waals surface area contributed by atoms with E-state index >= 15 is 0 Å². The van der Waals surface area contributed by atoms with Crippen molar-refractivity contribution in [3.8, 4) is 0 Å². The molecule has 2 aromatic rings. The Morgan fingerprint density at radius 3 is 2.48 bits per heavy atom. The van der Waals surface area contributed by atoms with Gasteiger partial charge in [-0.15, -0.1) is 11.3 Å². The first-order valence-electron chi connectivity index (χ1n) is 6.80. The van der Waals surface area contributed by atoms with Gasteiger partial charge in [-0.3, -0.25) is 0 Å². The molecular formula is C15H20N2O2S2. The molecule has 1 unspecified atom stereocenters. The molecule has 21 heavy (non-hydrogen) atoms. The zero-order valence-corrected chi connectivity index (χ0v) is 14.1. The summed E-state index contributed by atoms with van der Waals surface area (Å²) >= 11 is 1.68. The highest BCUT2D eigenvalue weighted by Crippen LogP contribution is 2.16. The summed E-state index contributed by atoms with van der Waals surface area (Å²) in [4.78, 5) is 4.79. The van der Waals surface area contributed by atoms with Gasteiger partial charge in [0, 0.05) is 36.3 Å². The molecule has 1 aromatic carbocycles. The van der Waals surface area contributed by atoms with E-state index in [1.165, 1.54) is 6.26 Å². The second-order valence-electron chi connectivity index (χ2n) is 5.15. The van der Waals surface area contributed by atoms with Gasteiger partial charge in [0.25, 0.3) is 0 Å². The van der Waals surface area contributed by atoms with Gasteiger partial charge in [-0.1, -0.05) is 12.1 Å². The maximum Gasteiger partial charge on any atom is 0.175 e. The predicted octanol–water partition coefficient (Wildman–Crippen LogP) is 2.75. The molecule has 1 heterocycles. The topological polar surface area (TPSA) is 59.1 Å². The molecule has 1 atom stereocenters. The van der Waals surface area contributed by atoms with Crippen molar-refractivity contribution in [2.24, 2.45) is 0 Å². The molecule has 1 aromatic heterocycles. The van der Waals surface area contributed by atoms with Crippen LogP contribution in [0.15, 0.2) is 34.5 Å². The predicted molar refractivity (Wildman–Crippen MR) is 86.5 cm³/mol. The van der Waals surface area contributed by atoms with Crippen molar-refractivity contribution in [1.82, 2.24) is 10.3 Å². The van der Waals surface area contributed by atoms with Crippen molar-refractivity contribution in [2.45, 2.75) is 31.2 Å². The maximum absolute atomic E-state index is 11.4. The van der Waals surface area contributed by atoms with Gasteiger partial charge in [0.05, 0.1) is 9.90 Å². The molecule has 114 valence electrons. The first kappa shape index (κ1) is 16.1. The Morgan fingerprint density at radius 2 is 1.95 bits per heavy atom. The first-order valence-corrected chi connectivity index (χ1v) is 9.58. The number of sulfone groups is 1. The van der Waals surface area contributed by atoms with Crippen molar-refractivity contribution < 1.29 is 8.42 Å². The molecule has 0 aliphatic carbocycles. The monoisotopic (exact) mass is 324 g/mol. The molecule has 0 spiro atoms. The highest BCUT2D eigenvalue weighted by Gasteiger charge is 2.09. The molecule has 4 nitrogen and oxygen atoms in total. The van der Waals surface area contributed by atoms with Crippen molar-refractivity contribution in [3.05, 3.63) is 45.9 Å². The Kier molecular flexibility index (Phi) is 5.13. The van der Waals surface area contributed by atoms with Gasteiger partial charge in [-0.2, -0.15) is 0 Å². The fourth-order valence-electron chi connectivity index (χ4n) is 2.03. The molecule has 0 aliphatic rings. The summed E-state index contributed by atoms with van der Waals surface area (Å²) in [5.74, 6) is 0. The number of aryl methyl sites for hydroxylation is 1. The first-order chi connectivity index (χ1) is 9.86. The van der Waals surface area contributed by atoms with Crippen LogP contribution in [-0.4, -0.2) is 26.2 Å². The lowest BCUT2D eigenvalue weighted by atomic mass is 10.1. The van der Waals surface area contributed by atoms with Crippen LogP contribution in [0.1, 0.15) is 29.2 Å². The molecular weight excluding hydrogens is 304 g/mol. The van der Waals surface area contributed by atoms with E-state index in [9.17, 15) is 8.42 Å². The largest absolute Gasteiger partial charge is 0.310 e. The van der Waals surface area contributed by atoms with Crippen molar-refractivity contribution >= 4 is 21.2 Å². The van der Waals surface area contributed by atoms with E-state index in [0.29, 0.717) is 4.90 Å². The summed E-state index contributed by atoms with van der Waals surface area (Å²) in [5, 5.41) is 6.63. The van der Waals surface area contributed by atoms with Crippen molar-refractivity contribution in [2.75, 3.05) is 12.8 Å². The normalized spacial score (nSPS) is 13.3. The number of nitrogens with zero attached hydrogens (tertiary/aromatic N) is 1. The highest BCUT2D eigenvalue weighted by molar-refractivity contribution is 7.90. The van der Waals surface area contributed by atoms with Crippen LogP contribution in [0, 0.1) is 6.92 Å².